The first-order valence-corrected chi connectivity index (χ1v) is 12.3. The Balaban J connectivity index is 1.55. The predicted octanol–water partition coefficient (Wildman–Crippen LogP) is 8.76. The van der Waals surface area contributed by atoms with Gasteiger partial charge in [0.15, 0.2) is 0 Å². The zero-order chi connectivity index (χ0) is 21.7. The first kappa shape index (κ1) is 19.7. The van der Waals surface area contributed by atoms with E-state index in [1.165, 1.54) is 56.2 Å². The van der Waals surface area contributed by atoms with Crippen molar-refractivity contribution in [2.45, 2.75) is 42.8 Å². The molecule has 1 atom stereocenters. The van der Waals surface area contributed by atoms with Gasteiger partial charge < -0.3 is 4.90 Å². The highest BCUT2D eigenvalue weighted by molar-refractivity contribution is 8.01. The van der Waals surface area contributed by atoms with E-state index in [1.54, 1.807) is 0 Å². The molecule has 158 valence electrons. The van der Waals surface area contributed by atoms with Crippen LogP contribution in [0.5, 0.6) is 0 Å². The number of nitrogens with zero attached hydrogens (tertiary/aromatic N) is 1. The summed E-state index contributed by atoms with van der Waals surface area (Å²) in [5.74, 6) is 0. The van der Waals surface area contributed by atoms with Crippen molar-refractivity contribution in [2.75, 3.05) is 4.90 Å². The van der Waals surface area contributed by atoms with E-state index in [-0.39, 0.29) is 4.75 Å². The lowest BCUT2D eigenvalue weighted by atomic mass is 9.77. The third-order valence-electron chi connectivity index (χ3n) is 6.85. The van der Waals surface area contributed by atoms with E-state index in [1.807, 2.05) is 11.8 Å². The third kappa shape index (κ3) is 3.17. The summed E-state index contributed by atoms with van der Waals surface area (Å²) < 4.78 is 0.127. The number of allylic oxidation sites excluding steroid dienone is 5. The van der Waals surface area contributed by atoms with Crippen molar-refractivity contribution in [1.82, 2.24) is 0 Å². The number of aryl methyl sites for hydroxylation is 1. The van der Waals surface area contributed by atoms with Crippen LogP contribution in [0.2, 0.25) is 0 Å². The van der Waals surface area contributed by atoms with Gasteiger partial charge in [-0.2, -0.15) is 0 Å². The molecule has 1 aliphatic heterocycles. The summed E-state index contributed by atoms with van der Waals surface area (Å²) in [6.07, 6.45) is 10.7. The molecule has 0 N–H and O–H groups in total. The average Bonchev–Trinajstić information content (AvgIpc) is 3.12. The molecule has 3 aromatic carbocycles. The Bertz CT molecular complexity index is 1300. The molecular formula is C30H27NS. The maximum absolute atomic E-state index is 2.49. The fourth-order valence-electron chi connectivity index (χ4n) is 5.34. The van der Waals surface area contributed by atoms with Crippen molar-refractivity contribution >= 4 is 34.4 Å². The van der Waals surface area contributed by atoms with Gasteiger partial charge in [-0.05, 0) is 103 Å². The normalized spacial score (nSPS) is 21.0. The average molecular weight is 434 g/mol. The van der Waals surface area contributed by atoms with Crippen molar-refractivity contribution < 1.29 is 0 Å². The molecule has 1 nitrogen and oxygen atoms in total. The lowest BCUT2D eigenvalue weighted by molar-refractivity contribution is 0.797. The van der Waals surface area contributed by atoms with Crippen LogP contribution in [0, 0.1) is 6.92 Å². The Kier molecular flexibility index (Phi) is 4.66. The lowest BCUT2D eigenvalue weighted by Crippen LogP contribution is -2.22. The maximum atomic E-state index is 2.49. The summed E-state index contributed by atoms with van der Waals surface area (Å²) in [5, 5.41) is 0. The molecule has 2 heteroatoms. The predicted molar refractivity (Wildman–Crippen MR) is 138 cm³/mol. The number of fused-ring (bicyclic) bond motifs is 4. The van der Waals surface area contributed by atoms with E-state index in [0.717, 1.165) is 12.8 Å². The van der Waals surface area contributed by atoms with Gasteiger partial charge in [0.05, 0.1) is 0 Å². The topological polar surface area (TPSA) is 3.24 Å². The fraction of sp³-hybridized carbons (Fsp3) is 0.200. The third-order valence-corrected chi connectivity index (χ3v) is 8.24. The van der Waals surface area contributed by atoms with E-state index in [2.05, 4.69) is 110 Å². The molecule has 6 rings (SSSR count). The van der Waals surface area contributed by atoms with E-state index in [0.29, 0.717) is 0 Å². The van der Waals surface area contributed by atoms with Crippen LogP contribution < -0.4 is 4.90 Å². The van der Waals surface area contributed by atoms with Crippen LogP contribution in [-0.4, -0.2) is 4.75 Å². The Morgan fingerprint density at radius 2 is 1.69 bits per heavy atom. The number of thioether (sulfide) groups is 1. The van der Waals surface area contributed by atoms with Crippen molar-refractivity contribution in [1.29, 1.82) is 0 Å². The molecule has 1 heterocycles. The molecule has 3 aromatic rings. The van der Waals surface area contributed by atoms with Gasteiger partial charge in [-0.15, -0.1) is 11.8 Å². The van der Waals surface area contributed by atoms with Gasteiger partial charge >= 0.3 is 0 Å². The molecular weight excluding hydrogens is 406 g/mol. The minimum absolute atomic E-state index is 0.127. The summed E-state index contributed by atoms with van der Waals surface area (Å²) in [4.78, 5) is 3.79. The fourth-order valence-corrected chi connectivity index (χ4v) is 6.72. The van der Waals surface area contributed by atoms with Crippen LogP contribution in [0.1, 0.15) is 37.3 Å². The smallest absolute Gasteiger partial charge is 0.0474 e. The highest BCUT2D eigenvalue weighted by Crippen LogP contribution is 2.59. The number of para-hydroxylation sites is 1. The van der Waals surface area contributed by atoms with Crippen molar-refractivity contribution in [3.63, 3.8) is 0 Å². The van der Waals surface area contributed by atoms with Crippen LogP contribution >= 0.6 is 11.8 Å². The minimum atomic E-state index is 0.127. The largest absolute Gasteiger partial charge is 0.310 e. The Hall–Kier alpha value is -2.97. The summed E-state index contributed by atoms with van der Waals surface area (Å²) in [6.45, 7) is 4.58. The standard InChI is InChI=1S/C30H27NS/c1-21-9-8-13-24(19-21)31(23-11-4-3-5-12-23)25-15-16-28-27(20-25)29-26-14-7-6-10-22(26)17-18-30(29,2)32-28/h3-5,7-9,11-17,19-20H,6,10,18H2,1-2H3. The van der Waals surface area contributed by atoms with Gasteiger partial charge in [-0.3, -0.25) is 0 Å². The number of rotatable bonds is 3. The van der Waals surface area contributed by atoms with Crippen LogP contribution in [0.25, 0.3) is 5.57 Å². The number of hydrogen-bond donors (Lipinski definition) is 0. The van der Waals surface area contributed by atoms with Crippen molar-refractivity contribution in [2.24, 2.45) is 0 Å². The molecule has 0 bridgehead atoms. The molecule has 3 aliphatic rings. The maximum Gasteiger partial charge on any atom is 0.0474 e. The molecule has 2 aliphatic carbocycles. The van der Waals surface area contributed by atoms with Crippen molar-refractivity contribution in [3.8, 4) is 0 Å². The van der Waals surface area contributed by atoms with Crippen LogP contribution in [0.15, 0.2) is 107 Å². The Morgan fingerprint density at radius 3 is 2.53 bits per heavy atom. The molecule has 0 fully saturated rings. The Labute approximate surface area is 195 Å². The summed E-state index contributed by atoms with van der Waals surface area (Å²) >= 11 is 2.04. The number of anilines is 3. The molecule has 1 unspecified atom stereocenters. The summed E-state index contributed by atoms with van der Waals surface area (Å²) in [7, 11) is 0. The molecule has 0 amide bonds. The Morgan fingerprint density at radius 1 is 0.875 bits per heavy atom. The molecule has 0 aromatic heterocycles. The van der Waals surface area contributed by atoms with Crippen LogP contribution in [-0.2, 0) is 0 Å². The molecule has 0 saturated heterocycles. The van der Waals surface area contributed by atoms with E-state index in [9.17, 15) is 0 Å². The van der Waals surface area contributed by atoms with Gasteiger partial charge in [-0.1, -0.05) is 48.6 Å². The monoisotopic (exact) mass is 433 g/mol. The number of benzene rings is 3. The van der Waals surface area contributed by atoms with Gasteiger partial charge in [0.25, 0.3) is 0 Å². The molecule has 0 saturated carbocycles. The second kappa shape index (κ2) is 7.56. The van der Waals surface area contributed by atoms with Crippen molar-refractivity contribution in [3.05, 3.63) is 113 Å². The SMILES string of the molecule is Cc1cccc(N(c2ccccc2)c2ccc3c(c2)C2=C4C=CCCC4=CCC2(C)S3)c1. The van der Waals surface area contributed by atoms with E-state index in [4.69, 9.17) is 0 Å². The molecule has 0 spiro atoms. The minimum Gasteiger partial charge on any atom is -0.310 e. The van der Waals surface area contributed by atoms with Gasteiger partial charge in [0.2, 0.25) is 0 Å². The second-order valence-electron chi connectivity index (χ2n) is 9.19. The highest BCUT2D eigenvalue weighted by atomic mass is 32.2. The van der Waals surface area contributed by atoms with E-state index < -0.39 is 0 Å². The van der Waals surface area contributed by atoms with Crippen LogP contribution in [0.3, 0.4) is 0 Å². The summed E-state index contributed by atoms with van der Waals surface area (Å²) in [5.41, 5.74) is 10.8. The van der Waals surface area contributed by atoms with Crippen LogP contribution in [0.4, 0.5) is 17.1 Å². The number of hydrogen-bond acceptors (Lipinski definition) is 2. The molecule has 0 radical (unpaired) electrons. The zero-order valence-electron chi connectivity index (χ0n) is 18.6. The highest BCUT2D eigenvalue weighted by Gasteiger charge is 2.42. The van der Waals surface area contributed by atoms with E-state index >= 15 is 0 Å². The zero-order valence-corrected chi connectivity index (χ0v) is 19.5. The molecule has 32 heavy (non-hydrogen) atoms. The first-order valence-electron chi connectivity index (χ1n) is 11.5. The lowest BCUT2D eigenvalue weighted by Gasteiger charge is -2.32. The van der Waals surface area contributed by atoms with Gasteiger partial charge in [0, 0.05) is 26.7 Å². The quantitative estimate of drug-likeness (QED) is 0.406. The first-order chi connectivity index (χ1) is 15.6. The summed E-state index contributed by atoms with van der Waals surface area (Å²) in [6, 6.07) is 26.6. The van der Waals surface area contributed by atoms with Gasteiger partial charge in [0.1, 0.15) is 0 Å². The van der Waals surface area contributed by atoms with Gasteiger partial charge in [-0.25, -0.2) is 0 Å². The second-order valence-corrected chi connectivity index (χ2v) is 10.7.